The molecule has 1 aliphatic carbocycles. The minimum atomic E-state index is 0.329. The van der Waals surface area contributed by atoms with Crippen LogP contribution in [0.3, 0.4) is 0 Å². The number of nitrogens with zero attached hydrogens (tertiary/aromatic N) is 1. The summed E-state index contributed by atoms with van der Waals surface area (Å²) in [5.41, 5.74) is 8.92. The van der Waals surface area contributed by atoms with Crippen LogP contribution in [-0.2, 0) is 11.2 Å². The van der Waals surface area contributed by atoms with Crippen LogP contribution >= 0.6 is 15.9 Å². The molecule has 0 aliphatic heterocycles. The van der Waals surface area contributed by atoms with Crippen LogP contribution in [0.2, 0.25) is 0 Å². The largest absolute Gasteiger partial charge is 0.381 e. The Morgan fingerprint density at radius 3 is 2.82 bits per heavy atom. The van der Waals surface area contributed by atoms with Crippen molar-refractivity contribution in [2.45, 2.75) is 44.2 Å². The van der Waals surface area contributed by atoms with Crippen molar-refractivity contribution in [1.29, 1.82) is 0 Å². The van der Waals surface area contributed by atoms with Crippen LogP contribution < -0.4 is 11.1 Å². The molecule has 1 aromatic heterocycles. The zero-order chi connectivity index (χ0) is 15.5. The summed E-state index contributed by atoms with van der Waals surface area (Å²) in [4.78, 5) is 15.5. The van der Waals surface area contributed by atoms with E-state index in [9.17, 15) is 4.79 Å². The molecule has 4 nitrogen and oxygen atoms in total. The topological polar surface area (TPSA) is 68.0 Å². The highest BCUT2D eigenvalue weighted by Crippen LogP contribution is 2.31. The number of aromatic nitrogens is 1. The quantitative estimate of drug-likeness (QED) is 0.818. The first-order chi connectivity index (χ1) is 10.7. The minimum Gasteiger partial charge on any atom is -0.381 e. The Balaban J connectivity index is 1.98. The van der Waals surface area contributed by atoms with Gasteiger partial charge in [0.15, 0.2) is 0 Å². The number of halogens is 1. The number of aldehydes is 1. The van der Waals surface area contributed by atoms with Crippen LogP contribution in [0, 0.1) is 0 Å². The summed E-state index contributed by atoms with van der Waals surface area (Å²) >= 11 is 3.52. The number of nitrogens with one attached hydrogen (secondary N) is 1. The van der Waals surface area contributed by atoms with E-state index in [2.05, 4.69) is 32.3 Å². The van der Waals surface area contributed by atoms with Gasteiger partial charge in [-0.1, -0.05) is 15.9 Å². The molecule has 1 aromatic carbocycles. The summed E-state index contributed by atoms with van der Waals surface area (Å²) in [6.45, 7) is 0. The van der Waals surface area contributed by atoms with Gasteiger partial charge in [-0.05, 0) is 43.9 Å². The van der Waals surface area contributed by atoms with Crippen LogP contribution in [0.25, 0.3) is 10.9 Å². The number of pyridine rings is 1. The molecule has 5 heteroatoms. The standard InChI is InChI=1S/C17H20BrN3O/c18-12-1-6-16-15(9-12)17(11(7-8-22)10-20-16)21-14-4-2-13(19)3-5-14/h1,6,8-10,13-14H,2-5,7,19H2,(H,20,21)/t13-,14-. The van der Waals surface area contributed by atoms with E-state index in [1.54, 1.807) is 0 Å². The Morgan fingerprint density at radius 2 is 2.09 bits per heavy atom. The van der Waals surface area contributed by atoms with E-state index in [1.165, 1.54) is 0 Å². The minimum absolute atomic E-state index is 0.329. The predicted octanol–water partition coefficient (Wildman–Crippen LogP) is 3.42. The monoisotopic (exact) mass is 361 g/mol. The van der Waals surface area contributed by atoms with E-state index < -0.39 is 0 Å². The molecule has 3 N–H and O–H groups in total. The maximum Gasteiger partial charge on any atom is 0.124 e. The van der Waals surface area contributed by atoms with Gasteiger partial charge in [0.1, 0.15) is 6.29 Å². The van der Waals surface area contributed by atoms with Crippen LogP contribution in [0.4, 0.5) is 5.69 Å². The lowest BCUT2D eigenvalue weighted by Gasteiger charge is -2.29. The fourth-order valence-electron chi connectivity index (χ4n) is 3.09. The van der Waals surface area contributed by atoms with Gasteiger partial charge >= 0.3 is 0 Å². The van der Waals surface area contributed by atoms with Crippen molar-refractivity contribution >= 4 is 38.8 Å². The van der Waals surface area contributed by atoms with E-state index in [4.69, 9.17) is 5.73 Å². The fraction of sp³-hybridized carbons (Fsp3) is 0.412. The van der Waals surface area contributed by atoms with Crippen LogP contribution in [-0.4, -0.2) is 23.4 Å². The second kappa shape index (κ2) is 6.75. The van der Waals surface area contributed by atoms with Gasteiger partial charge in [-0.3, -0.25) is 4.98 Å². The average Bonchev–Trinajstić information content (AvgIpc) is 2.52. The Morgan fingerprint density at radius 1 is 1.32 bits per heavy atom. The van der Waals surface area contributed by atoms with Crippen molar-refractivity contribution in [2.24, 2.45) is 5.73 Å². The average molecular weight is 362 g/mol. The predicted molar refractivity (Wildman–Crippen MR) is 93.1 cm³/mol. The zero-order valence-electron chi connectivity index (χ0n) is 12.4. The first-order valence-corrected chi connectivity index (χ1v) is 8.49. The van der Waals surface area contributed by atoms with Crippen molar-refractivity contribution in [3.63, 3.8) is 0 Å². The number of hydrogen-bond acceptors (Lipinski definition) is 4. The van der Waals surface area contributed by atoms with Gasteiger partial charge in [0.2, 0.25) is 0 Å². The maximum absolute atomic E-state index is 11.0. The van der Waals surface area contributed by atoms with Gasteiger partial charge in [-0.15, -0.1) is 0 Å². The molecule has 2 aromatic rings. The Kier molecular flexibility index (Phi) is 4.74. The molecule has 3 rings (SSSR count). The number of carbonyl (C=O) groups is 1. The molecule has 0 radical (unpaired) electrons. The molecule has 1 aliphatic rings. The third-order valence-electron chi connectivity index (χ3n) is 4.33. The summed E-state index contributed by atoms with van der Waals surface area (Å²) in [6, 6.07) is 6.78. The van der Waals surface area contributed by atoms with Crippen LogP contribution in [0.15, 0.2) is 28.9 Å². The van der Waals surface area contributed by atoms with E-state index in [0.717, 1.165) is 58.6 Å². The second-order valence-electron chi connectivity index (χ2n) is 5.95. The molecule has 1 heterocycles. The number of anilines is 1. The van der Waals surface area contributed by atoms with E-state index in [-0.39, 0.29) is 0 Å². The summed E-state index contributed by atoms with van der Waals surface area (Å²) in [5, 5.41) is 4.71. The molecular formula is C17H20BrN3O. The number of nitrogens with two attached hydrogens (primary N) is 1. The summed E-state index contributed by atoms with van der Waals surface area (Å²) in [5.74, 6) is 0. The van der Waals surface area contributed by atoms with Crippen molar-refractivity contribution in [2.75, 3.05) is 5.32 Å². The molecule has 1 saturated carbocycles. The summed E-state index contributed by atoms with van der Waals surface area (Å²) in [6.07, 6.45) is 7.36. The smallest absolute Gasteiger partial charge is 0.124 e. The van der Waals surface area contributed by atoms with Crippen LogP contribution in [0.5, 0.6) is 0 Å². The summed E-state index contributed by atoms with van der Waals surface area (Å²) in [7, 11) is 0. The molecule has 0 spiro atoms. The van der Waals surface area contributed by atoms with Gasteiger partial charge in [0.05, 0.1) is 5.52 Å². The van der Waals surface area contributed by atoms with Crippen LogP contribution in [0.1, 0.15) is 31.2 Å². The first kappa shape index (κ1) is 15.4. The fourth-order valence-corrected chi connectivity index (χ4v) is 3.45. The molecule has 1 fully saturated rings. The molecule has 0 unspecified atom stereocenters. The number of carbonyl (C=O) groups excluding carboxylic acids is 1. The van der Waals surface area contributed by atoms with E-state index in [1.807, 2.05) is 18.3 Å². The van der Waals surface area contributed by atoms with Gasteiger partial charge < -0.3 is 15.8 Å². The normalized spacial score (nSPS) is 21.7. The molecule has 22 heavy (non-hydrogen) atoms. The molecule has 0 bridgehead atoms. The van der Waals surface area contributed by atoms with Crippen molar-refractivity contribution in [3.8, 4) is 0 Å². The van der Waals surface area contributed by atoms with Crippen molar-refractivity contribution in [3.05, 3.63) is 34.4 Å². The van der Waals surface area contributed by atoms with Crippen molar-refractivity contribution < 1.29 is 4.79 Å². The van der Waals surface area contributed by atoms with Gasteiger partial charge in [-0.2, -0.15) is 0 Å². The van der Waals surface area contributed by atoms with Gasteiger partial charge in [0, 0.05) is 45.8 Å². The highest BCUT2D eigenvalue weighted by Gasteiger charge is 2.20. The Hall–Kier alpha value is -1.46. The number of fused-ring (bicyclic) bond motifs is 1. The second-order valence-corrected chi connectivity index (χ2v) is 6.86. The lowest BCUT2D eigenvalue weighted by Crippen LogP contribution is -2.33. The van der Waals surface area contributed by atoms with E-state index >= 15 is 0 Å². The van der Waals surface area contributed by atoms with Crippen molar-refractivity contribution in [1.82, 2.24) is 4.98 Å². The highest BCUT2D eigenvalue weighted by atomic mass is 79.9. The molecule has 116 valence electrons. The van der Waals surface area contributed by atoms with E-state index in [0.29, 0.717) is 18.5 Å². The lowest BCUT2D eigenvalue weighted by molar-refractivity contribution is -0.107. The SMILES string of the molecule is N[C@H]1CC[C@H](Nc2c(CC=O)cnc3ccc(Br)cc23)CC1. The molecule has 0 amide bonds. The zero-order valence-corrected chi connectivity index (χ0v) is 14.0. The third-order valence-corrected chi connectivity index (χ3v) is 4.83. The number of rotatable bonds is 4. The summed E-state index contributed by atoms with van der Waals surface area (Å²) < 4.78 is 1.01. The lowest BCUT2D eigenvalue weighted by atomic mass is 9.91. The van der Waals surface area contributed by atoms with Gasteiger partial charge in [-0.25, -0.2) is 0 Å². The number of hydrogen-bond donors (Lipinski definition) is 2. The third kappa shape index (κ3) is 3.31. The Bertz CT molecular complexity index is 681. The molecule has 0 atom stereocenters. The molecular weight excluding hydrogens is 342 g/mol. The van der Waals surface area contributed by atoms with Gasteiger partial charge in [0.25, 0.3) is 0 Å². The number of benzene rings is 1. The highest BCUT2D eigenvalue weighted by molar-refractivity contribution is 9.10. The first-order valence-electron chi connectivity index (χ1n) is 7.70. The molecule has 0 saturated heterocycles. The maximum atomic E-state index is 11.0. The Labute approximate surface area is 138 Å².